The van der Waals surface area contributed by atoms with E-state index in [0.717, 1.165) is 45.7 Å². The van der Waals surface area contributed by atoms with Gasteiger partial charge < -0.3 is 23.7 Å². The number of carbonyl (C=O) groups excluding carboxylic acids is 2. The number of ether oxygens (including phenoxy) is 3. The molecule has 2 fully saturated rings. The summed E-state index contributed by atoms with van der Waals surface area (Å²) in [6.07, 6.45) is 11.1. The van der Waals surface area contributed by atoms with Gasteiger partial charge in [-0.25, -0.2) is 4.72 Å². The number of morpholine rings is 1. The highest BCUT2D eigenvalue weighted by atomic mass is 32.2. The second kappa shape index (κ2) is 16.9. The lowest BCUT2D eigenvalue weighted by Crippen LogP contribution is -2.49. The molecule has 0 saturated carbocycles. The lowest BCUT2D eigenvalue weighted by atomic mass is 9.91. The Morgan fingerprint density at radius 1 is 1.02 bits per heavy atom. The number of benzene rings is 1. The van der Waals surface area contributed by atoms with Gasteiger partial charge in [0.25, 0.3) is 11.8 Å². The number of amides is 2. The largest absolute Gasteiger partial charge is 0.454 e. The molecule has 0 bridgehead atoms. The number of carbonyl (C=O) groups is 2. The van der Waals surface area contributed by atoms with Crippen molar-refractivity contribution in [1.82, 2.24) is 18.5 Å². The van der Waals surface area contributed by atoms with E-state index in [0.29, 0.717) is 43.0 Å². The molecule has 3 atom stereocenters. The Morgan fingerprint density at radius 2 is 1.67 bits per heavy atom. The van der Waals surface area contributed by atoms with Crippen molar-refractivity contribution in [1.29, 1.82) is 0 Å². The first-order valence-electron chi connectivity index (χ1n) is 17.5. The lowest BCUT2D eigenvalue weighted by Gasteiger charge is -2.36. The number of hydrogen-bond acceptors (Lipinski definition) is 7. The highest BCUT2D eigenvalue weighted by molar-refractivity contribution is 7.87. The van der Waals surface area contributed by atoms with Gasteiger partial charge in [-0.15, -0.1) is 0 Å². The van der Waals surface area contributed by atoms with Gasteiger partial charge in [0.1, 0.15) is 0 Å². The summed E-state index contributed by atoms with van der Waals surface area (Å²) in [5.41, 5.74) is 3.76. The van der Waals surface area contributed by atoms with Crippen LogP contribution >= 0.6 is 0 Å². The van der Waals surface area contributed by atoms with Gasteiger partial charge in [-0.2, -0.15) is 12.7 Å². The van der Waals surface area contributed by atoms with Gasteiger partial charge in [-0.1, -0.05) is 59.1 Å². The van der Waals surface area contributed by atoms with Gasteiger partial charge >= 0.3 is 10.2 Å². The van der Waals surface area contributed by atoms with Crippen molar-refractivity contribution in [2.24, 2.45) is 0 Å². The van der Waals surface area contributed by atoms with E-state index in [4.69, 9.17) is 14.2 Å². The van der Waals surface area contributed by atoms with Crippen LogP contribution in [0.5, 0.6) is 0 Å². The standard InChI is InChI=1S/C34H46N4O7S.C3H8/c1-7-8-10-22(2)32-27-14-13-25(33(39)35-46(41,42)36(5)6)17-29(27)38-20-26(34(40)37-18-23(3)45-24(4)19-37)11-9-12-30-31(44-21-43-30)16-15-28(32)38;1-3-2/h11-14,16-17,22-24H,7-10,15,18-21H2,1-6H3,(H,35,39);3H2,1-2H3/b26-11+,30-12+,31-16+;. The Kier molecular flexibility index (Phi) is 13.1. The SMILES string of the molecule is CCC.CCCCC(C)c1c2n(c3cc(C(=O)NS(=O)(=O)N(C)C)ccc13)C/C(C(=O)N1CC(C)OC(C)C1)=C\C/C=C1/OCO/C1=C/C2. The first-order chi connectivity index (χ1) is 23.3. The number of rotatable bonds is 8. The van der Waals surface area contributed by atoms with Gasteiger partial charge in [-0.05, 0) is 62.5 Å². The van der Waals surface area contributed by atoms with Crippen LogP contribution in [0, 0.1) is 0 Å². The number of aromatic nitrogens is 1. The third-order valence-electron chi connectivity index (χ3n) is 8.79. The molecule has 1 aromatic carbocycles. The second-order valence-electron chi connectivity index (χ2n) is 13.3. The smallest absolute Gasteiger partial charge is 0.303 e. The molecule has 2 saturated heterocycles. The van der Waals surface area contributed by atoms with Crippen LogP contribution in [0.15, 0.2) is 53.5 Å². The summed E-state index contributed by atoms with van der Waals surface area (Å²) in [5.74, 6) is 0.727. The fraction of sp³-hybridized carbons (Fsp3) is 0.568. The zero-order chi connectivity index (χ0) is 35.9. The molecule has 3 unspecified atom stereocenters. The molecule has 0 radical (unpaired) electrons. The summed E-state index contributed by atoms with van der Waals surface area (Å²) in [6.45, 7) is 14.0. The van der Waals surface area contributed by atoms with E-state index in [1.165, 1.54) is 20.5 Å². The predicted molar refractivity (Wildman–Crippen MR) is 192 cm³/mol. The number of hydrogen-bond donors (Lipinski definition) is 1. The summed E-state index contributed by atoms with van der Waals surface area (Å²) in [7, 11) is -1.26. The molecule has 49 heavy (non-hydrogen) atoms. The van der Waals surface area contributed by atoms with Crippen molar-refractivity contribution in [2.45, 2.75) is 105 Å². The Morgan fingerprint density at radius 3 is 2.31 bits per heavy atom. The Hall–Kier alpha value is -3.61. The molecule has 1 aromatic heterocycles. The maximum atomic E-state index is 14.2. The van der Waals surface area contributed by atoms with Gasteiger partial charge in [0.2, 0.25) is 6.79 Å². The highest BCUT2D eigenvalue weighted by Gasteiger charge is 2.30. The summed E-state index contributed by atoms with van der Waals surface area (Å²) in [4.78, 5) is 29.3. The van der Waals surface area contributed by atoms with Crippen molar-refractivity contribution >= 4 is 32.9 Å². The predicted octanol–water partition coefficient (Wildman–Crippen LogP) is 6.17. The summed E-state index contributed by atoms with van der Waals surface area (Å²) in [6, 6.07) is 5.31. The maximum absolute atomic E-state index is 14.2. The van der Waals surface area contributed by atoms with Crippen LogP contribution in [0.3, 0.4) is 0 Å². The first-order valence-corrected chi connectivity index (χ1v) is 18.9. The minimum atomic E-state index is -3.99. The monoisotopic (exact) mass is 698 g/mol. The second-order valence-corrected chi connectivity index (χ2v) is 15.2. The Balaban J connectivity index is 0.00000174. The molecule has 3 aliphatic heterocycles. The molecule has 0 aliphatic carbocycles. The van der Waals surface area contributed by atoms with Crippen molar-refractivity contribution in [3.05, 3.63) is 70.3 Å². The van der Waals surface area contributed by atoms with Crippen molar-refractivity contribution < 1.29 is 32.2 Å². The summed E-state index contributed by atoms with van der Waals surface area (Å²) >= 11 is 0. The van der Waals surface area contributed by atoms with E-state index in [1.54, 1.807) is 12.1 Å². The van der Waals surface area contributed by atoms with Gasteiger partial charge in [0.05, 0.1) is 18.8 Å². The first kappa shape index (κ1) is 38.2. The fourth-order valence-corrected chi connectivity index (χ4v) is 7.03. The third kappa shape index (κ3) is 9.15. The van der Waals surface area contributed by atoms with Crippen molar-refractivity contribution in [2.75, 3.05) is 34.0 Å². The van der Waals surface area contributed by atoms with E-state index in [-0.39, 0.29) is 42.9 Å². The van der Waals surface area contributed by atoms with E-state index >= 15 is 0 Å². The minimum Gasteiger partial charge on any atom is -0.454 e. The third-order valence-corrected chi connectivity index (χ3v) is 10.2. The van der Waals surface area contributed by atoms with E-state index in [1.807, 2.05) is 43.0 Å². The van der Waals surface area contributed by atoms with Crippen LogP contribution in [-0.4, -0.2) is 80.2 Å². The van der Waals surface area contributed by atoms with E-state index < -0.39 is 16.1 Å². The molecule has 2 aromatic rings. The molecular weight excluding hydrogens is 644 g/mol. The van der Waals surface area contributed by atoms with Crippen LogP contribution in [0.25, 0.3) is 10.9 Å². The van der Waals surface area contributed by atoms with Crippen LogP contribution in [0.1, 0.15) is 101 Å². The van der Waals surface area contributed by atoms with Gasteiger partial charge in [0, 0.05) is 61.3 Å². The van der Waals surface area contributed by atoms with Crippen LogP contribution in [-0.2, 0) is 42.2 Å². The Bertz CT molecular complexity index is 1700. The Labute approximate surface area is 292 Å². The average molecular weight is 699 g/mol. The zero-order valence-corrected chi connectivity index (χ0v) is 31.2. The maximum Gasteiger partial charge on any atom is 0.303 e. The van der Waals surface area contributed by atoms with Crippen molar-refractivity contribution in [3.8, 4) is 0 Å². The number of allylic oxidation sites excluding steroid dienone is 3. The van der Waals surface area contributed by atoms with E-state index in [9.17, 15) is 18.0 Å². The molecular formula is C37H54N4O7S. The lowest BCUT2D eigenvalue weighted by molar-refractivity contribution is -0.139. The molecule has 1 N–H and O–H groups in total. The molecule has 0 spiro atoms. The number of nitrogens with zero attached hydrogens (tertiary/aromatic N) is 3. The van der Waals surface area contributed by atoms with Gasteiger partial charge in [-0.3, -0.25) is 9.59 Å². The average Bonchev–Trinajstić information content (AvgIpc) is 3.61. The molecule has 3 aliphatic rings. The van der Waals surface area contributed by atoms with Crippen LogP contribution in [0.4, 0.5) is 0 Å². The van der Waals surface area contributed by atoms with Crippen LogP contribution < -0.4 is 4.72 Å². The normalized spacial score (nSPS) is 23.4. The molecule has 2 amide bonds. The van der Waals surface area contributed by atoms with Crippen LogP contribution in [0.2, 0.25) is 0 Å². The van der Waals surface area contributed by atoms with E-state index in [2.05, 4.69) is 37.0 Å². The summed E-state index contributed by atoms with van der Waals surface area (Å²) in [5, 5.41) is 0.973. The van der Waals surface area contributed by atoms with Gasteiger partial charge in [0.15, 0.2) is 11.5 Å². The number of nitrogens with one attached hydrogen (secondary N) is 1. The van der Waals surface area contributed by atoms with Crippen molar-refractivity contribution in [3.63, 3.8) is 0 Å². The topological polar surface area (TPSA) is 119 Å². The quantitative estimate of drug-likeness (QED) is 0.351. The molecule has 270 valence electrons. The molecule has 11 nitrogen and oxygen atoms in total. The number of unbranched alkanes of at least 4 members (excludes halogenated alkanes) is 1. The minimum absolute atomic E-state index is 0.0595. The highest BCUT2D eigenvalue weighted by Crippen LogP contribution is 2.37. The fourth-order valence-electron chi connectivity index (χ4n) is 6.49. The molecule has 5 rings (SSSR count). The zero-order valence-electron chi connectivity index (χ0n) is 30.4. The summed E-state index contributed by atoms with van der Waals surface area (Å²) < 4.78 is 47.7. The number of fused-ring (bicyclic) bond motifs is 4. The molecule has 12 heteroatoms. The molecule has 4 heterocycles.